The Balaban J connectivity index is 2.35. The molecule has 7 nitrogen and oxygen atoms in total. The fraction of sp³-hybridized carbons (Fsp3) is 0.417. The summed E-state index contributed by atoms with van der Waals surface area (Å²) in [6, 6.07) is 4.65. The highest BCUT2D eigenvalue weighted by atomic mass is 79.9. The number of nitrogens with one attached hydrogen (secondary N) is 1. The number of carbonyl (C=O) groups excluding carboxylic acids is 1. The third-order valence-electron chi connectivity index (χ3n) is 2.58. The van der Waals surface area contributed by atoms with E-state index in [0.717, 1.165) is 6.42 Å². The minimum absolute atomic E-state index is 0.0677. The number of hydrogen-bond donors (Lipinski definition) is 2. The molecule has 0 atom stereocenters. The standard InChI is InChI=1S/C12H16BrN3O4/c13-9-5-6-11(10(8-9)16(18)19)20-7-3-1-2-4-12(17)15-14/h5-6,8H,1-4,7,14H2,(H,15,17). The van der Waals surface area contributed by atoms with Crippen molar-refractivity contribution in [3.8, 4) is 5.75 Å². The van der Waals surface area contributed by atoms with Gasteiger partial charge >= 0.3 is 5.69 Å². The number of hydrogen-bond acceptors (Lipinski definition) is 5. The number of rotatable bonds is 8. The second-order valence-corrected chi connectivity index (χ2v) is 5.01. The molecule has 20 heavy (non-hydrogen) atoms. The molecule has 0 aliphatic rings. The summed E-state index contributed by atoms with van der Waals surface area (Å²) >= 11 is 3.18. The van der Waals surface area contributed by atoms with Crippen molar-refractivity contribution < 1.29 is 14.5 Å². The molecular formula is C12H16BrN3O4. The average Bonchev–Trinajstić information content (AvgIpc) is 2.43. The lowest BCUT2D eigenvalue weighted by Gasteiger charge is -2.07. The molecule has 1 rings (SSSR count). The van der Waals surface area contributed by atoms with Crippen LogP contribution in [0.2, 0.25) is 0 Å². The van der Waals surface area contributed by atoms with Crippen molar-refractivity contribution in [3.63, 3.8) is 0 Å². The van der Waals surface area contributed by atoms with Crippen LogP contribution >= 0.6 is 15.9 Å². The van der Waals surface area contributed by atoms with Gasteiger partial charge < -0.3 is 4.74 Å². The van der Waals surface area contributed by atoms with Crippen LogP contribution in [-0.4, -0.2) is 17.4 Å². The summed E-state index contributed by atoms with van der Waals surface area (Å²) in [6.07, 6.45) is 2.58. The molecule has 110 valence electrons. The molecule has 0 aromatic heterocycles. The first kappa shape index (κ1) is 16.4. The van der Waals surface area contributed by atoms with Gasteiger partial charge in [-0.1, -0.05) is 15.9 Å². The van der Waals surface area contributed by atoms with Crippen LogP contribution < -0.4 is 16.0 Å². The SMILES string of the molecule is NNC(=O)CCCCCOc1ccc(Br)cc1[N+](=O)[O-]. The Morgan fingerprint density at radius 3 is 2.80 bits per heavy atom. The zero-order valence-corrected chi connectivity index (χ0v) is 12.4. The number of nitro benzene ring substituents is 1. The summed E-state index contributed by atoms with van der Waals surface area (Å²) in [5.41, 5.74) is 1.99. The quantitative estimate of drug-likeness (QED) is 0.247. The van der Waals surface area contributed by atoms with E-state index in [1.165, 1.54) is 6.07 Å². The molecule has 0 aliphatic carbocycles. The maximum atomic E-state index is 10.9. The Kier molecular flexibility index (Phi) is 6.96. The van der Waals surface area contributed by atoms with Gasteiger partial charge in [-0.3, -0.25) is 20.3 Å². The van der Waals surface area contributed by atoms with E-state index in [9.17, 15) is 14.9 Å². The lowest BCUT2D eigenvalue weighted by atomic mass is 10.2. The number of unbranched alkanes of at least 4 members (excludes halogenated alkanes) is 2. The predicted octanol–water partition coefficient (Wildman–Crippen LogP) is 2.29. The van der Waals surface area contributed by atoms with E-state index in [-0.39, 0.29) is 17.3 Å². The normalized spacial score (nSPS) is 10.1. The number of nitrogens with zero attached hydrogens (tertiary/aromatic N) is 1. The Labute approximate surface area is 124 Å². The van der Waals surface area contributed by atoms with Crippen LogP contribution in [0.4, 0.5) is 5.69 Å². The first-order valence-corrected chi connectivity index (χ1v) is 6.90. The van der Waals surface area contributed by atoms with E-state index in [0.29, 0.717) is 30.3 Å². The predicted molar refractivity (Wildman–Crippen MR) is 77.1 cm³/mol. The minimum Gasteiger partial charge on any atom is -0.487 e. The van der Waals surface area contributed by atoms with E-state index in [4.69, 9.17) is 10.6 Å². The third-order valence-corrected chi connectivity index (χ3v) is 3.08. The smallest absolute Gasteiger partial charge is 0.312 e. The molecule has 0 unspecified atom stereocenters. The van der Waals surface area contributed by atoms with Crippen molar-refractivity contribution in [2.24, 2.45) is 5.84 Å². The lowest BCUT2D eigenvalue weighted by Crippen LogP contribution is -2.29. The highest BCUT2D eigenvalue weighted by molar-refractivity contribution is 9.10. The van der Waals surface area contributed by atoms with E-state index < -0.39 is 4.92 Å². The van der Waals surface area contributed by atoms with Gasteiger partial charge in [0.2, 0.25) is 5.91 Å². The van der Waals surface area contributed by atoms with E-state index in [2.05, 4.69) is 21.4 Å². The van der Waals surface area contributed by atoms with Gasteiger partial charge in [-0.2, -0.15) is 0 Å². The van der Waals surface area contributed by atoms with Crippen molar-refractivity contribution in [1.29, 1.82) is 0 Å². The number of amides is 1. The van der Waals surface area contributed by atoms with Gasteiger partial charge in [-0.25, -0.2) is 5.84 Å². The Morgan fingerprint density at radius 2 is 2.15 bits per heavy atom. The largest absolute Gasteiger partial charge is 0.487 e. The zero-order chi connectivity index (χ0) is 15.0. The highest BCUT2D eigenvalue weighted by Crippen LogP contribution is 2.30. The molecular weight excluding hydrogens is 330 g/mol. The van der Waals surface area contributed by atoms with Crippen LogP contribution in [0.3, 0.4) is 0 Å². The molecule has 0 bridgehead atoms. The highest BCUT2D eigenvalue weighted by Gasteiger charge is 2.15. The van der Waals surface area contributed by atoms with Gasteiger partial charge in [0.25, 0.3) is 0 Å². The first-order chi connectivity index (χ1) is 9.54. The molecule has 0 spiro atoms. The Hall–Kier alpha value is -1.67. The van der Waals surface area contributed by atoms with Crippen molar-refractivity contribution in [2.75, 3.05) is 6.61 Å². The number of ether oxygens (including phenoxy) is 1. The van der Waals surface area contributed by atoms with E-state index in [1.54, 1.807) is 12.1 Å². The molecule has 8 heteroatoms. The number of carbonyl (C=O) groups is 1. The molecule has 0 heterocycles. The molecule has 0 aliphatic heterocycles. The summed E-state index contributed by atoms with van der Waals surface area (Å²) in [7, 11) is 0. The molecule has 0 saturated carbocycles. The second-order valence-electron chi connectivity index (χ2n) is 4.10. The van der Waals surface area contributed by atoms with Crippen molar-refractivity contribution in [2.45, 2.75) is 25.7 Å². The van der Waals surface area contributed by atoms with Crippen LogP contribution in [0, 0.1) is 10.1 Å². The van der Waals surface area contributed by atoms with Gasteiger partial charge in [-0.05, 0) is 31.4 Å². The van der Waals surface area contributed by atoms with E-state index >= 15 is 0 Å². The molecule has 0 saturated heterocycles. The topological polar surface area (TPSA) is 107 Å². The fourth-order valence-corrected chi connectivity index (χ4v) is 1.92. The maximum absolute atomic E-state index is 10.9. The third kappa shape index (κ3) is 5.54. The molecule has 1 aromatic carbocycles. The van der Waals surface area contributed by atoms with Gasteiger partial charge in [0.1, 0.15) is 0 Å². The van der Waals surface area contributed by atoms with Crippen LogP contribution in [0.1, 0.15) is 25.7 Å². The van der Waals surface area contributed by atoms with Crippen LogP contribution in [0.25, 0.3) is 0 Å². The summed E-state index contributed by atoms with van der Waals surface area (Å²) in [5, 5.41) is 10.9. The summed E-state index contributed by atoms with van der Waals surface area (Å²) in [5.74, 6) is 5.00. The monoisotopic (exact) mass is 345 g/mol. The van der Waals surface area contributed by atoms with Gasteiger partial charge in [0.15, 0.2) is 5.75 Å². The van der Waals surface area contributed by atoms with E-state index in [1.807, 2.05) is 0 Å². The first-order valence-electron chi connectivity index (χ1n) is 6.10. The second kappa shape index (κ2) is 8.49. The summed E-state index contributed by atoms with van der Waals surface area (Å²) in [6.45, 7) is 0.368. The zero-order valence-electron chi connectivity index (χ0n) is 10.8. The summed E-state index contributed by atoms with van der Waals surface area (Å²) in [4.78, 5) is 21.3. The molecule has 0 radical (unpaired) electrons. The van der Waals surface area contributed by atoms with Gasteiger partial charge in [-0.15, -0.1) is 0 Å². The number of benzene rings is 1. The Bertz CT molecular complexity index is 482. The van der Waals surface area contributed by atoms with Gasteiger partial charge in [0.05, 0.1) is 11.5 Å². The average molecular weight is 346 g/mol. The number of nitro groups is 1. The van der Waals surface area contributed by atoms with Crippen LogP contribution in [0.5, 0.6) is 5.75 Å². The molecule has 3 N–H and O–H groups in total. The van der Waals surface area contributed by atoms with Crippen molar-refractivity contribution in [1.82, 2.24) is 5.43 Å². The van der Waals surface area contributed by atoms with Crippen molar-refractivity contribution >= 4 is 27.5 Å². The van der Waals surface area contributed by atoms with Crippen LogP contribution in [-0.2, 0) is 4.79 Å². The molecule has 1 aromatic rings. The molecule has 1 amide bonds. The van der Waals surface area contributed by atoms with Crippen molar-refractivity contribution in [3.05, 3.63) is 32.8 Å². The number of nitrogens with two attached hydrogens (primary N) is 1. The lowest BCUT2D eigenvalue weighted by molar-refractivity contribution is -0.385. The molecule has 0 fully saturated rings. The van der Waals surface area contributed by atoms with Crippen LogP contribution in [0.15, 0.2) is 22.7 Å². The number of halogens is 1. The Morgan fingerprint density at radius 1 is 1.40 bits per heavy atom. The van der Waals surface area contributed by atoms with Gasteiger partial charge in [0, 0.05) is 17.0 Å². The fourth-order valence-electron chi connectivity index (χ4n) is 1.57. The minimum atomic E-state index is -0.480. The summed E-state index contributed by atoms with van der Waals surface area (Å²) < 4.78 is 6.03. The number of hydrazine groups is 1. The maximum Gasteiger partial charge on any atom is 0.312 e.